The summed E-state index contributed by atoms with van der Waals surface area (Å²) < 4.78 is 0. The van der Waals surface area contributed by atoms with Crippen molar-refractivity contribution in [3.8, 4) is 0 Å². The van der Waals surface area contributed by atoms with E-state index in [4.69, 9.17) is 15.3 Å². The van der Waals surface area contributed by atoms with Gasteiger partial charge in [-0.15, -0.1) is 0 Å². The summed E-state index contributed by atoms with van der Waals surface area (Å²) in [6.45, 7) is -1.03. The Balaban J connectivity index is 2.88. The molecule has 0 spiro atoms. The number of carbonyl (C=O) groups is 2. The van der Waals surface area contributed by atoms with Gasteiger partial charge >= 0.3 is 11.9 Å². The molecular weight excluding hydrogens is 324 g/mol. The highest BCUT2D eigenvalue weighted by Crippen LogP contribution is 2.30. The lowest BCUT2D eigenvalue weighted by molar-refractivity contribution is -0.140. The fourth-order valence-electron chi connectivity index (χ4n) is 3.09. The number of rotatable bonds is 10. The zero-order valence-electron chi connectivity index (χ0n) is 13.2. The van der Waals surface area contributed by atoms with Gasteiger partial charge in [0.05, 0.1) is 43.5 Å². The molecule has 10 nitrogen and oxygen atoms in total. The van der Waals surface area contributed by atoms with Gasteiger partial charge in [0.1, 0.15) is 0 Å². The molecule has 10 heteroatoms. The van der Waals surface area contributed by atoms with Crippen LogP contribution in [0.3, 0.4) is 0 Å². The van der Waals surface area contributed by atoms with Crippen LogP contribution < -0.4 is 10.6 Å². The number of carboxylic acids is 2. The van der Waals surface area contributed by atoms with Crippen LogP contribution in [0.25, 0.3) is 0 Å². The molecule has 140 valence electrons. The number of carboxylic acid groups (broad SMARTS) is 2. The van der Waals surface area contributed by atoms with Crippen molar-refractivity contribution in [2.24, 2.45) is 5.92 Å². The van der Waals surface area contributed by atoms with Crippen LogP contribution in [0, 0.1) is 5.92 Å². The second-order valence-electron chi connectivity index (χ2n) is 5.96. The molecule has 0 bridgehead atoms. The van der Waals surface area contributed by atoms with Gasteiger partial charge in [0.15, 0.2) is 0 Å². The minimum absolute atomic E-state index is 0.0388. The molecule has 0 aliphatic heterocycles. The highest BCUT2D eigenvalue weighted by atomic mass is 16.4. The van der Waals surface area contributed by atoms with Gasteiger partial charge in [0.25, 0.3) is 0 Å². The molecule has 1 saturated carbocycles. The first-order valence-corrected chi connectivity index (χ1v) is 7.85. The lowest BCUT2D eigenvalue weighted by Crippen LogP contribution is -2.69. The van der Waals surface area contributed by atoms with Crippen LogP contribution >= 0.6 is 0 Å². The Kier molecular flexibility index (Phi) is 8.53. The first-order chi connectivity index (χ1) is 11.3. The van der Waals surface area contributed by atoms with E-state index < -0.39 is 61.3 Å². The van der Waals surface area contributed by atoms with Crippen LogP contribution in [0.5, 0.6) is 0 Å². The second kappa shape index (κ2) is 9.87. The molecule has 24 heavy (non-hydrogen) atoms. The van der Waals surface area contributed by atoms with Crippen LogP contribution in [0.2, 0.25) is 0 Å². The predicted octanol–water partition coefficient (Wildman–Crippen LogP) is -3.05. The first kappa shape index (κ1) is 20.7. The summed E-state index contributed by atoms with van der Waals surface area (Å²) in [6, 6.07) is -2.06. The molecule has 6 atom stereocenters. The van der Waals surface area contributed by atoms with E-state index in [1.54, 1.807) is 0 Å². The van der Waals surface area contributed by atoms with Crippen LogP contribution in [0.15, 0.2) is 0 Å². The Hall–Kier alpha value is -1.30. The maximum absolute atomic E-state index is 10.7. The summed E-state index contributed by atoms with van der Waals surface area (Å²) in [7, 11) is 0. The summed E-state index contributed by atoms with van der Waals surface area (Å²) in [6.07, 6.45) is -2.47. The van der Waals surface area contributed by atoms with E-state index in [1.807, 2.05) is 0 Å². The predicted molar refractivity (Wildman–Crippen MR) is 81.3 cm³/mol. The topological polar surface area (TPSA) is 180 Å². The van der Waals surface area contributed by atoms with E-state index in [-0.39, 0.29) is 6.61 Å². The monoisotopic (exact) mass is 350 g/mol. The first-order valence-electron chi connectivity index (χ1n) is 7.85. The molecule has 0 aromatic rings. The van der Waals surface area contributed by atoms with Crippen molar-refractivity contribution in [2.45, 2.75) is 49.7 Å². The van der Waals surface area contributed by atoms with Gasteiger partial charge in [-0.2, -0.15) is 0 Å². The SMILES string of the molecule is O=C(O)CN[C@@H]1C(O)[C@H](NCC(=O)O)[C@H](O)C(CCCCO)[C@@H]1O. The minimum Gasteiger partial charge on any atom is -0.480 e. The molecule has 0 amide bonds. The number of unbranched alkanes of at least 4 members (excludes halogenated alkanes) is 1. The molecule has 2 unspecified atom stereocenters. The third-order valence-electron chi connectivity index (χ3n) is 4.27. The molecular formula is C14H26N2O8. The van der Waals surface area contributed by atoms with Gasteiger partial charge in [-0.25, -0.2) is 0 Å². The molecule has 1 fully saturated rings. The summed E-state index contributed by atoms with van der Waals surface area (Å²) in [5, 5.41) is 62.5. The van der Waals surface area contributed by atoms with Crippen molar-refractivity contribution >= 4 is 11.9 Å². The van der Waals surface area contributed by atoms with Crippen molar-refractivity contribution in [1.82, 2.24) is 10.6 Å². The quantitative estimate of drug-likeness (QED) is 0.189. The van der Waals surface area contributed by atoms with Crippen molar-refractivity contribution in [2.75, 3.05) is 19.7 Å². The maximum Gasteiger partial charge on any atom is 0.317 e. The van der Waals surface area contributed by atoms with Gasteiger partial charge in [-0.1, -0.05) is 6.42 Å². The lowest BCUT2D eigenvalue weighted by Gasteiger charge is -2.46. The van der Waals surface area contributed by atoms with Gasteiger partial charge < -0.3 is 30.6 Å². The largest absolute Gasteiger partial charge is 0.480 e. The van der Waals surface area contributed by atoms with E-state index in [2.05, 4.69) is 10.6 Å². The number of hydrogen-bond acceptors (Lipinski definition) is 8. The molecule has 1 aliphatic rings. The molecule has 1 aliphatic carbocycles. The summed E-state index contributed by atoms with van der Waals surface area (Å²) >= 11 is 0. The van der Waals surface area contributed by atoms with E-state index in [0.717, 1.165) is 0 Å². The molecule has 0 aromatic carbocycles. The average molecular weight is 350 g/mol. The van der Waals surface area contributed by atoms with Crippen molar-refractivity contribution < 1.29 is 40.2 Å². The highest BCUT2D eigenvalue weighted by molar-refractivity contribution is 5.69. The number of aliphatic hydroxyl groups excluding tert-OH is 4. The smallest absolute Gasteiger partial charge is 0.317 e. The second-order valence-corrected chi connectivity index (χ2v) is 5.96. The number of hydrogen-bond donors (Lipinski definition) is 8. The lowest BCUT2D eigenvalue weighted by atomic mass is 9.73. The summed E-state index contributed by atoms with van der Waals surface area (Å²) in [4.78, 5) is 21.4. The Labute approximate surface area is 139 Å². The highest BCUT2D eigenvalue weighted by Gasteiger charge is 2.48. The Morgan fingerprint density at radius 2 is 1.25 bits per heavy atom. The Morgan fingerprint density at radius 1 is 0.792 bits per heavy atom. The Bertz CT molecular complexity index is 390. The molecule has 0 heterocycles. The minimum atomic E-state index is -1.37. The van der Waals surface area contributed by atoms with Crippen molar-refractivity contribution in [3.05, 3.63) is 0 Å². The summed E-state index contributed by atoms with van der Waals surface area (Å²) in [5.74, 6) is -3.04. The third-order valence-corrected chi connectivity index (χ3v) is 4.27. The van der Waals surface area contributed by atoms with E-state index in [0.29, 0.717) is 19.3 Å². The van der Waals surface area contributed by atoms with Gasteiger partial charge in [0, 0.05) is 12.5 Å². The molecule has 8 N–H and O–H groups in total. The van der Waals surface area contributed by atoms with Gasteiger partial charge in [-0.05, 0) is 12.8 Å². The van der Waals surface area contributed by atoms with E-state index in [1.165, 1.54) is 0 Å². The van der Waals surface area contributed by atoms with Gasteiger partial charge in [-0.3, -0.25) is 20.2 Å². The molecule has 0 aromatic heterocycles. The molecule has 0 radical (unpaired) electrons. The van der Waals surface area contributed by atoms with Crippen molar-refractivity contribution in [3.63, 3.8) is 0 Å². The van der Waals surface area contributed by atoms with Crippen LogP contribution in [-0.2, 0) is 9.59 Å². The van der Waals surface area contributed by atoms with E-state index >= 15 is 0 Å². The fourth-order valence-corrected chi connectivity index (χ4v) is 3.09. The summed E-state index contributed by atoms with van der Waals surface area (Å²) in [5.41, 5.74) is 0. The van der Waals surface area contributed by atoms with Crippen LogP contribution in [0.1, 0.15) is 19.3 Å². The normalized spacial score (nSPS) is 33.3. The van der Waals surface area contributed by atoms with Gasteiger partial charge in [0.2, 0.25) is 0 Å². The van der Waals surface area contributed by atoms with E-state index in [9.17, 15) is 24.9 Å². The molecule has 0 saturated heterocycles. The fraction of sp³-hybridized carbons (Fsp3) is 0.857. The Morgan fingerprint density at radius 3 is 1.62 bits per heavy atom. The maximum atomic E-state index is 10.7. The average Bonchev–Trinajstić information content (AvgIpc) is 2.49. The van der Waals surface area contributed by atoms with Crippen molar-refractivity contribution in [1.29, 1.82) is 0 Å². The standard InChI is InChI=1S/C14H26N2O8/c17-4-2-1-3-7-12(22)10(15-5-8(18)19)14(24)11(13(7)23)16-6-9(20)21/h7,10-17,22-24H,1-6H2,(H,18,19)(H,20,21)/t7?,10-,11+,12-,13+,14?. The number of aliphatic carboxylic acids is 2. The zero-order valence-corrected chi connectivity index (χ0v) is 13.2. The number of aliphatic hydroxyl groups is 4. The molecule has 1 rings (SSSR count). The third kappa shape index (κ3) is 5.65. The zero-order chi connectivity index (χ0) is 18.3. The number of nitrogens with one attached hydrogen (secondary N) is 2. The van der Waals surface area contributed by atoms with Crippen LogP contribution in [0.4, 0.5) is 0 Å². The van der Waals surface area contributed by atoms with Crippen LogP contribution in [-0.4, -0.2) is 92.7 Å².